The first kappa shape index (κ1) is 23.6. The van der Waals surface area contributed by atoms with Gasteiger partial charge in [0.05, 0.1) is 34.1 Å². The maximum atomic E-state index is 12.3. The Bertz CT molecular complexity index is 922. The summed E-state index contributed by atoms with van der Waals surface area (Å²) in [6.45, 7) is 6.94. The molecule has 1 aliphatic heterocycles. The Kier molecular flexibility index (Phi) is 8.47. The Morgan fingerprint density at radius 2 is 1.59 bits per heavy atom. The Morgan fingerprint density at radius 3 is 2.22 bits per heavy atom. The molecule has 0 bridgehead atoms. The van der Waals surface area contributed by atoms with Crippen LogP contribution in [0.4, 0.5) is 0 Å². The van der Waals surface area contributed by atoms with E-state index < -0.39 is 0 Å². The molecule has 0 aliphatic carbocycles. The minimum Gasteiger partial charge on any atom is -0.493 e. The zero-order chi connectivity index (χ0) is 22.9. The first-order valence-corrected chi connectivity index (χ1v) is 10.6. The largest absolute Gasteiger partial charge is 0.493 e. The number of benzene rings is 2. The number of hydrazone groups is 1. The number of ether oxygens (including phenoxy) is 3. The summed E-state index contributed by atoms with van der Waals surface area (Å²) in [7, 11) is 4.66. The van der Waals surface area contributed by atoms with Gasteiger partial charge in [-0.05, 0) is 24.6 Å². The molecule has 32 heavy (non-hydrogen) atoms. The van der Waals surface area contributed by atoms with Crippen molar-refractivity contribution in [3.63, 3.8) is 0 Å². The van der Waals surface area contributed by atoms with E-state index in [0.29, 0.717) is 29.4 Å². The summed E-state index contributed by atoms with van der Waals surface area (Å²) in [5.41, 5.74) is 5.87. The minimum atomic E-state index is -0.146. The highest BCUT2D eigenvalue weighted by Gasteiger charge is 2.19. The topological polar surface area (TPSA) is 75.6 Å². The van der Waals surface area contributed by atoms with Crippen molar-refractivity contribution in [1.29, 1.82) is 0 Å². The summed E-state index contributed by atoms with van der Waals surface area (Å²) < 4.78 is 16.1. The smallest absolute Gasteiger partial charge is 0.254 e. The van der Waals surface area contributed by atoms with E-state index in [0.717, 1.165) is 32.7 Å². The van der Waals surface area contributed by atoms with E-state index in [1.807, 2.05) is 0 Å². The molecule has 172 valence electrons. The Labute approximate surface area is 189 Å². The van der Waals surface area contributed by atoms with E-state index in [-0.39, 0.29) is 5.91 Å². The van der Waals surface area contributed by atoms with Crippen LogP contribution >= 0.6 is 0 Å². The molecule has 1 aliphatic rings. The lowest BCUT2D eigenvalue weighted by molar-refractivity contribution is -0.122. The van der Waals surface area contributed by atoms with Crippen LogP contribution in [-0.2, 0) is 11.3 Å². The molecule has 1 heterocycles. The van der Waals surface area contributed by atoms with E-state index in [1.165, 1.54) is 17.3 Å². The molecular formula is C24H32N4O4. The second-order valence-electron chi connectivity index (χ2n) is 7.75. The van der Waals surface area contributed by atoms with E-state index in [9.17, 15) is 4.79 Å². The molecular weight excluding hydrogens is 408 g/mol. The maximum Gasteiger partial charge on any atom is 0.254 e. The van der Waals surface area contributed by atoms with E-state index in [4.69, 9.17) is 14.2 Å². The molecule has 3 rings (SSSR count). The molecule has 8 nitrogen and oxygen atoms in total. The summed E-state index contributed by atoms with van der Waals surface area (Å²) in [6.07, 6.45) is 1.54. The monoisotopic (exact) mass is 440 g/mol. The number of hydrogen-bond acceptors (Lipinski definition) is 7. The van der Waals surface area contributed by atoms with E-state index in [2.05, 4.69) is 51.5 Å². The molecule has 0 radical (unpaired) electrons. The summed E-state index contributed by atoms with van der Waals surface area (Å²) >= 11 is 0. The third-order valence-corrected chi connectivity index (χ3v) is 5.49. The van der Waals surface area contributed by atoms with E-state index >= 15 is 0 Å². The highest BCUT2D eigenvalue weighted by molar-refractivity contribution is 5.87. The number of rotatable bonds is 9. The number of methoxy groups -OCH3 is 3. The first-order chi connectivity index (χ1) is 15.5. The standard InChI is InChI=1S/C24H32N4O4/c1-18-5-7-19(8-6-18)16-27-11-13-28(14-12-27)17-22(29)26-25-15-20-9-10-21(30-2)24(32-4)23(20)31-3/h5-10,15H,11-14,16-17H2,1-4H3,(H,26,29). The molecule has 2 aromatic rings. The van der Waals surface area contributed by atoms with Crippen molar-refractivity contribution in [2.75, 3.05) is 54.1 Å². The number of aryl methyl sites for hydroxylation is 1. The predicted octanol–water partition coefficient (Wildman–Crippen LogP) is 2.29. The number of piperazine rings is 1. The van der Waals surface area contributed by atoms with Gasteiger partial charge in [-0.25, -0.2) is 5.43 Å². The molecule has 1 fully saturated rings. The SMILES string of the molecule is COc1ccc(C=NNC(=O)CN2CCN(Cc3ccc(C)cc3)CC2)c(OC)c1OC. The fourth-order valence-electron chi connectivity index (χ4n) is 3.70. The van der Waals surface area contributed by atoms with Gasteiger partial charge in [-0.1, -0.05) is 29.8 Å². The molecule has 0 unspecified atom stereocenters. The highest BCUT2D eigenvalue weighted by Crippen LogP contribution is 2.38. The van der Waals surface area contributed by atoms with Crippen LogP contribution in [0.5, 0.6) is 17.2 Å². The second kappa shape index (κ2) is 11.5. The summed E-state index contributed by atoms with van der Waals surface area (Å²) in [6, 6.07) is 12.2. The molecule has 0 saturated carbocycles. The normalized spacial score (nSPS) is 15.0. The van der Waals surface area contributed by atoms with Crippen LogP contribution in [0.2, 0.25) is 0 Å². The number of amides is 1. The van der Waals surface area contributed by atoms with Crippen LogP contribution in [0.3, 0.4) is 0 Å². The molecule has 8 heteroatoms. The first-order valence-electron chi connectivity index (χ1n) is 10.6. The van der Waals surface area contributed by atoms with Crippen LogP contribution in [0, 0.1) is 6.92 Å². The van der Waals surface area contributed by atoms with Gasteiger partial charge >= 0.3 is 0 Å². The second-order valence-corrected chi connectivity index (χ2v) is 7.75. The number of hydrogen-bond donors (Lipinski definition) is 1. The Morgan fingerprint density at radius 1 is 0.938 bits per heavy atom. The van der Waals surface area contributed by atoms with Crippen molar-refractivity contribution in [3.8, 4) is 17.2 Å². The van der Waals surface area contributed by atoms with Crippen molar-refractivity contribution in [2.24, 2.45) is 5.10 Å². The lowest BCUT2D eigenvalue weighted by Gasteiger charge is -2.34. The fourth-order valence-corrected chi connectivity index (χ4v) is 3.70. The van der Waals surface area contributed by atoms with Gasteiger partial charge in [0.25, 0.3) is 5.91 Å². The number of carbonyl (C=O) groups is 1. The lowest BCUT2D eigenvalue weighted by atomic mass is 10.1. The molecule has 0 atom stereocenters. The molecule has 1 N–H and O–H groups in total. The van der Waals surface area contributed by atoms with Crippen molar-refractivity contribution < 1.29 is 19.0 Å². The van der Waals surface area contributed by atoms with Gasteiger partial charge in [-0.15, -0.1) is 0 Å². The lowest BCUT2D eigenvalue weighted by Crippen LogP contribution is -2.48. The summed E-state index contributed by atoms with van der Waals surface area (Å²) in [5, 5.41) is 4.09. The zero-order valence-corrected chi connectivity index (χ0v) is 19.3. The molecule has 0 spiro atoms. The third kappa shape index (κ3) is 6.21. The van der Waals surface area contributed by atoms with Crippen molar-refractivity contribution in [2.45, 2.75) is 13.5 Å². The Hall–Kier alpha value is -3.10. The van der Waals surface area contributed by atoms with Crippen LogP contribution in [0.25, 0.3) is 0 Å². The van der Waals surface area contributed by atoms with Gasteiger partial charge < -0.3 is 14.2 Å². The van der Waals surface area contributed by atoms with Gasteiger partial charge in [0.2, 0.25) is 5.75 Å². The molecule has 2 aromatic carbocycles. The van der Waals surface area contributed by atoms with Crippen LogP contribution in [0.15, 0.2) is 41.5 Å². The quantitative estimate of drug-likeness (QED) is 0.476. The van der Waals surface area contributed by atoms with Gasteiger partial charge in [-0.3, -0.25) is 14.6 Å². The fraction of sp³-hybridized carbons (Fsp3) is 0.417. The number of carbonyl (C=O) groups excluding carboxylic acids is 1. The van der Waals surface area contributed by atoms with Gasteiger partial charge in [0, 0.05) is 38.3 Å². The average Bonchev–Trinajstić information content (AvgIpc) is 2.81. The van der Waals surface area contributed by atoms with Gasteiger partial charge in [0.1, 0.15) is 0 Å². The predicted molar refractivity (Wildman–Crippen MR) is 125 cm³/mol. The third-order valence-electron chi connectivity index (χ3n) is 5.49. The van der Waals surface area contributed by atoms with E-state index in [1.54, 1.807) is 33.5 Å². The average molecular weight is 441 g/mol. The minimum absolute atomic E-state index is 0.146. The van der Waals surface area contributed by atoms with Gasteiger partial charge in [-0.2, -0.15) is 5.10 Å². The highest BCUT2D eigenvalue weighted by atomic mass is 16.5. The number of nitrogens with zero attached hydrogens (tertiary/aromatic N) is 3. The van der Waals surface area contributed by atoms with Crippen molar-refractivity contribution >= 4 is 12.1 Å². The molecule has 1 saturated heterocycles. The van der Waals surface area contributed by atoms with Gasteiger partial charge in [0.15, 0.2) is 11.5 Å². The maximum absolute atomic E-state index is 12.3. The summed E-state index contributed by atoms with van der Waals surface area (Å²) in [4.78, 5) is 16.9. The molecule has 0 aromatic heterocycles. The molecule has 1 amide bonds. The number of nitrogens with one attached hydrogen (secondary N) is 1. The van der Waals surface area contributed by atoms with Crippen LogP contribution in [-0.4, -0.2) is 76.0 Å². The van der Waals surface area contributed by atoms with Crippen LogP contribution < -0.4 is 19.6 Å². The Balaban J connectivity index is 1.46. The van der Waals surface area contributed by atoms with Crippen molar-refractivity contribution in [1.82, 2.24) is 15.2 Å². The zero-order valence-electron chi connectivity index (χ0n) is 19.3. The van der Waals surface area contributed by atoms with Crippen LogP contribution in [0.1, 0.15) is 16.7 Å². The van der Waals surface area contributed by atoms with Crippen molar-refractivity contribution in [3.05, 3.63) is 53.1 Å². The summed E-state index contributed by atoms with van der Waals surface area (Å²) in [5.74, 6) is 1.39.